The third kappa shape index (κ3) is 3.05. The van der Waals surface area contributed by atoms with E-state index in [1.165, 1.54) is 12.1 Å². The quantitative estimate of drug-likeness (QED) is 0.465. The molecule has 1 aromatic carbocycles. The molecule has 0 amide bonds. The number of rotatable bonds is 7. The van der Waals surface area contributed by atoms with Crippen molar-refractivity contribution in [1.29, 1.82) is 0 Å². The van der Waals surface area contributed by atoms with E-state index >= 15 is 0 Å². The first kappa shape index (κ1) is 14.3. The molecule has 0 aliphatic carbocycles. The van der Waals surface area contributed by atoms with Gasteiger partial charge in [-0.1, -0.05) is 13.0 Å². The highest BCUT2D eigenvalue weighted by molar-refractivity contribution is 5.79. The van der Waals surface area contributed by atoms with Crippen molar-refractivity contribution >= 4 is 11.7 Å². The van der Waals surface area contributed by atoms with Gasteiger partial charge in [-0.05, 0) is 12.5 Å². The van der Waals surface area contributed by atoms with Gasteiger partial charge in [-0.25, -0.2) is 0 Å². The van der Waals surface area contributed by atoms with E-state index in [0.717, 1.165) is 0 Å². The molecule has 20 heavy (non-hydrogen) atoms. The lowest BCUT2D eigenvalue weighted by atomic mass is 9.94. The number of nitrogens with zero attached hydrogens (tertiary/aromatic N) is 1. The summed E-state index contributed by atoms with van der Waals surface area (Å²) in [7, 11) is 0. The molecule has 1 aliphatic heterocycles. The van der Waals surface area contributed by atoms with Crippen LogP contribution >= 0.6 is 0 Å². The van der Waals surface area contributed by atoms with Gasteiger partial charge in [-0.3, -0.25) is 14.9 Å². The van der Waals surface area contributed by atoms with Crippen molar-refractivity contribution in [2.24, 2.45) is 0 Å². The van der Waals surface area contributed by atoms with Gasteiger partial charge in [0.1, 0.15) is 18.5 Å². The first-order valence-electron chi connectivity index (χ1n) is 6.29. The Balaban J connectivity index is 2.40. The van der Waals surface area contributed by atoms with Crippen LogP contribution in [0.15, 0.2) is 18.2 Å². The zero-order chi connectivity index (χ0) is 14.7. The van der Waals surface area contributed by atoms with Crippen LogP contribution < -0.4 is 4.74 Å². The van der Waals surface area contributed by atoms with Gasteiger partial charge in [0.05, 0.1) is 23.0 Å². The molecule has 1 N–H and O–H groups in total. The van der Waals surface area contributed by atoms with Crippen molar-refractivity contribution in [3.63, 3.8) is 0 Å². The number of ether oxygens (including phenoxy) is 2. The molecule has 1 aliphatic rings. The van der Waals surface area contributed by atoms with Crippen LogP contribution in [0, 0.1) is 10.1 Å². The Bertz CT molecular complexity index is 526. The molecule has 0 saturated carbocycles. The molecular weight excluding hydrogens is 266 g/mol. The third-order valence-electron chi connectivity index (χ3n) is 3.12. The summed E-state index contributed by atoms with van der Waals surface area (Å²) in [6, 6.07) is 4.33. The molecule has 1 aromatic rings. The summed E-state index contributed by atoms with van der Waals surface area (Å²) in [5, 5.41) is 20.3. The van der Waals surface area contributed by atoms with E-state index in [0.29, 0.717) is 6.61 Å². The first-order valence-corrected chi connectivity index (χ1v) is 6.29. The van der Waals surface area contributed by atoms with Crippen LogP contribution in [0.4, 0.5) is 5.69 Å². The molecule has 2 rings (SSSR count). The Morgan fingerprint density at radius 3 is 2.85 bits per heavy atom. The summed E-state index contributed by atoms with van der Waals surface area (Å²) in [5.41, 5.74) is -0.110. The van der Waals surface area contributed by atoms with Gasteiger partial charge in [-0.15, -0.1) is 0 Å². The van der Waals surface area contributed by atoms with Crippen LogP contribution in [0.2, 0.25) is 0 Å². The predicted octanol–water partition coefficient (Wildman–Crippen LogP) is 1.95. The molecule has 0 bridgehead atoms. The topological polar surface area (TPSA) is 102 Å². The normalized spacial score (nSPS) is 18.4. The van der Waals surface area contributed by atoms with Crippen LogP contribution in [0.1, 0.15) is 24.8 Å². The number of benzene rings is 1. The van der Waals surface area contributed by atoms with E-state index in [4.69, 9.17) is 9.47 Å². The van der Waals surface area contributed by atoms with Crippen LogP contribution in [0.25, 0.3) is 0 Å². The maximum Gasteiger partial charge on any atom is 0.311 e. The van der Waals surface area contributed by atoms with Gasteiger partial charge in [0.2, 0.25) is 0 Å². The molecular formula is C13H15NO6. The van der Waals surface area contributed by atoms with Crippen molar-refractivity contribution in [1.82, 2.24) is 0 Å². The number of nitro groups is 1. The maximum absolute atomic E-state index is 11.3. The number of aliphatic carboxylic acids is 1. The largest absolute Gasteiger partial charge is 0.490 e. The summed E-state index contributed by atoms with van der Waals surface area (Å²) in [5.74, 6) is -1.83. The SMILES string of the molecule is CCC(C(=O)O)c1c(OCC2CO2)cccc1[N+](=O)[O-]. The van der Waals surface area contributed by atoms with Crippen molar-refractivity contribution < 1.29 is 24.3 Å². The fraction of sp³-hybridized carbons (Fsp3) is 0.462. The van der Waals surface area contributed by atoms with Crippen LogP contribution in [-0.2, 0) is 9.53 Å². The van der Waals surface area contributed by atoms with E-state index in [2.05, 4.69) is 0 Å². The standard InChI is InChI=1S/C13H15NO6/c1-2-9(13(15)16)12-10(14(17)18)4-3-5-11(12)20-7-8-6-19-8/h3-5,8-9H,2,6-7H2,1H3,(H,15,16). The van der Waals surface area contributed by atoms with Crippen molar-refractivity contribution in [2.45, 2.75) is 25.4 Å². The molecule has 2 atom stereocenters. The molecule has 0 aromatic heterocycles. The maximum atomic E-state index is 11.3. The minimum Gasteiger partial charge on any atom is -0.490 e. The zero-order valence-corrected chi connectivity index (χ0v) is 10.9. The number of carboxylic acid groups (broad SMARTS) is 1. The van der Waals surface area contributed by atoms with Crippen LogP contribution in [0.5, 0.6) is 5.75 Å². The van der Waals surface area contributed by atoms with Gasteiger partial charge >= 0.3 is 5.97 Å². The lowest BCUT2D eigenvalue weighted by Gasteiger charge is -2.15. The number of epoxide rings is 1. The molecule has 7 nitrogen and oxygen atoms in total. The van der Waals surface area contributed by atoms with Crippen molar-refractivity contribution in [3.05, 3.63) is 33.9 Å². The molecule has 1 fully saturated rings. The number of carboxylic acids is 1. The molecule has 1 heterocycles. The highest BCUT2D eigenvalue weighted by Gasteiger charge is 2.31. The van der Waals surface area contributed by atoms with Gasteiger partial charge in [0.15, 0.2) is 0 Å². The van der Waals surface area contributed by atoms with Crippen molar-refractivity contribution in [2.75, 3.05) is 13.2 Å². The molecule has 0 radical (unpaired) electrons. The van der Waals surface area contributed by atoms with Gasteiger partial charge < -0.3 is 14.6 Å². The van der Waals surface area contributed by atoms with Gasteiger partial charge in [0.25, 0.3) is 5.69 Å². The highest BCUT2D eigenvalue weighted by atomic mass is 16.6. The second-order valence-electron chi connectivity index (χ2n) is 4.51. The van der Waals surface area contributed by atoms with Crippen LogP contribution in [0.3, 0.4) is 0 Å². The Kier molecular flexibility index (Phi) is 4.19. The van der Waals surface area contributed by atoms with Crippen molar-refractivity contribution in [3.8, 4) is 5.75 Å². The second kappa shape index (κ2) is 5.87. The Morgan fingerprint density at radius 2 is 2.35 bits per heavy atom. The van der Waals surface area contributed by atoms with E-state index in [1.807, 2.05) is 0 Å². The Labute approximate surface area is 115 Å². The summed E-state index contributed by atoms with van der Waals surface area (Å²) < 4.78 is 10.5. The minimum absolute atomic E-state index is 0.00739. The monoisotopic (exact) mass is 281 g/mol. The van der Waals surface area contributed by atoms with Gasteiger partial charge in [-0.2, -0.15) is 0 Å². The minimum atomic E-state index is -1.10. The molecule has 0 spiro atoms. The predicted molar refractivity (Wildman–Crippen MR) is 69.0 cm³/mol. The average Bonchev–Trinajstić information content (AvgIpc) is 3.21. The fourth-order valence-electron chi connectivity index (χ4n) is 2.02. The van der Waals surface area contributed by atoms with E-state index in [-0.39, 0.29) is 36.1 Å². The van der Waals surface area contributed by atoms with E-state index in [1.54, 1.807) is 13.0 Å². The number of hydrogen-bond acceptors (Lipinski definition) is 5. The second-order valence-corrected chi connectivity index (χ2v) is 4.51. The Hall–Kier alpha value is -2.15. The molecule has 7 heteroatoms. The smallest absolute Gasteiger partial charge is 0.311 e. The molecule has 108 valence electrons. The number of carbonyl (C=O) groups is 1. The summed E-state index contributed by atoms with van der Waals surface area (Å²) in [4.78, 5) is 21.8. The summed E-state index contributed by atoms with van der Waals surface area (Å²) >= 11 is 0. The fourth-order valence-corrected chi connectivity index (χ4v) is 2.02. The van der Waals surface area contributed by atoms with E-state index in [9.17, 15) is 20.0 Å². The summed E-state index contributed by atoms with van der Waals surface area (Å²) in [6.07, 6.45) is 0.239. The Morgan fingerprint density at radius 1 is 1.65 bits per heavy atom. The highest BCUT2D eigenvalue weighted by Crippen LogP contribution is 2.37. The number of nitro benzene ring substituents is 1. The van der Waals surface area contributed by atoms with Crippen LogP contribution in [-0.4, -0.2) is 35.3 Å². The lowest BCUT2D eigenvalue weighted by molar-refractivity contribution is -0.385. The zero-order valence-electron chi connectivity index (χ0n) is 10.9. The molecule has 1 saturated heterocycles. The lowest BCUT2D eigenvalue weighted by Crippen LogP contribution is -2.15. The molecule has 2 unspecified atom stereocenters. The number of hydrogen-bond donors (Lipinski definition) is 1. The first-order chi connectivity index (χ1) is 9.54. The summed E-state index contributed by atoms with van der Waals surface area (Å²) in [6.45, 7) is 2.54. The van der Waals surface area contributed by atoms with Gasteiger partial charge in [0, 0.05) is 6.07 Å². The average molecular weight is 281 g/mol. The third-order valence-corrected chi connectivity index (χ3v) is 3.12. The van der Waals surface area contributed by atoms with E-state index < -0.39 is 16.8 Å².